The van der Waals surface area contributed by atoms with Crippen LogP contribution in [0.1, 0.15) is 32.0 Å². The summed E-state index contributed by atoms with van der Waals surface area (Å²) in [5.74, 6) is 1.21. The zero-order valence-electron chi connectivity index (χ0n) is 9.73. The summed E-state index contributed by atoms with van der Waals surface area (Å²) in [5, 5.41) is 3.56. The number of thioether (sulfide) groups is 1. The van der Waals surface area contributed by atoms with E-state index in [0.29, 0.717) is 12.1 Å². The van der Waals surface area contributed by atoms with Crippen molar-refractivity contribution in [2.75, 3.05) is 12.0 Å². The molecular formula is C12H20N2S. The first-order valence-corrected chi connectivity index (χ1v) is 6.79. The summed E-state index contributed by atoms with van der Waals surface area (Å²) in [5.41, 5.74) is 1.12. The van der Waals surface area contributed by atoms with Gasteiger partial charge in [0.1, 0.15) is 0 Å². The lowest BCUT2D eigenvalue weighted by Gasteiger charge is -2.19. The van der Waals surface area contributed by atoms with Crippen LogP contribution in [0.4, 0.5) is 0 Å². The largest absolute Gasteiger partial charge is 0.306 e. The van der Waals surface area contributed by atoms with E-state index in [-0.39, 0.29) is 0 Å². The first-order chi connectivity index (χ1) is 7.24. The topological polar surface area (TPSA) is 24.9 Å². The lowest BCUT2D eigenvalue weighted by atomic mass is 10.1. The van der Waals surface area contributed by atoms with E-state index in [1.54, 1.807) is 0 Å². The summed E-state index contributed by atoms with van der Waals surface area (Å²) in [6.45, 7) is 4.40. The predicted molar refractivity (Wildman–Crippen MR) is 68.2 cm³/mol. The van der Waals surface area contributed by atoms with E-state index in [4.69, 9.17) is 0 Å². The van der Waals surface area contributed by atoms with Gasteiger partial charge in [0, 0.05) is 18.3 Å². The van der Waals surface area contributed by atoms with E-state index in [2.05, 4.69) is 36.5 Å². The summed E-state index contributed by atoms with van der Waals surface area (Å²) in [6, 6.07) is 6.94. The number of hydrogen-bond acceptors (Lipinski definition) is 3. The van der Waals surface area contributed by atoms with E-state index >= 15 is 0 Å². The Kier molecular flexibility index (Phi) is 5.73. The van der Waals surface area contributed by atoms with Crippen molar-refractivity contribution < 1.29 is 0 Å². The molecule has 0 amide bonds. The van der Waals surface area contributed by atoms with Gasteiger partial charge in [-0.3, -0.25) is 4.98 Å². The van der Waals surface area contributed by atoms with Crippen molar-refractivity contribution in [3.8, 4) is 0 Å². The van der Waals surface area contributed by atoms with Gasteiger partial charge in [-0.1, -0.05) is 6.07 Å². The molecular weight excluding hydrogens is 204 g/mol. The molecule has 0 aromatic carbocycles. The average Bonchev–Trinajstić information content (AvgIpc) is 2.27. The van der Waals surface area contributed by atoms with Gasteiger partial charge in [0.15, 0.2) is 0 Å². The number of rotatable bonds is 6. The van der Waals surface area contributed by atoms with Crippen LogP contribution in [0.3, 0.4) is 0 Å². The normalized spacial score (nSPS) is 14.9. The van der Waals surface area contributed by atoms with Crippen molar-refractivity contribution in [2.45, 2.75) is 32.4 Å². The van der Waals surface area contributed by atoms with Crippen LogP contribution < -0.4 is 5.32 Å². The third kappa shape index (κ3) is 4.67. The Morgan fingerprint density at radius 2 is 2.20 bits per heavy atom. The van der Waals surface area contributed by atoms with Crippen LogP contribution in [0.15, 0.2) is 24.4 Å². The fourth-order valence-corrected chi connectivity index (χ4v) is 2.11. The molecule has 0 aliphatic heterocycles. The van der Waals surface area contributed by atoms with Crippen LogP contribution in [0.25, 0.3) is 0 Å². The summed E-state index contributed by atoms with van der Waals surface area (Å²) in [7, 11) is 0. The minimum atomic E-state index is 0.336. The minimum absolute atomic E-state index is 0.336. The SMILES string of the molecule is CSCCC(C)NC(C)c1ccccn1. The lowest BCUT2D eigenvalue weighted by Crippen LogP contribution is -2.29. The molecule has 3 heteroatoms. The van der Waals surface area contributed by atoms with E-state index < -0.39 is 0 Å². The van der Waals surface area contributed by atoms with Crippen molar-refractivity contribution >= 4 is 11.8 Å². The highest BCUT2D eigenvalue weighted by molar-refractivity contribution is 7.98. The molecule has 0 saturated carbocycles. The Balaban J connectivity index is 2.38. The molecule has 0 aliphatic carbocycles. The van der Waals surface area contributed by atoms with Crippen molar-refractivity contribution in [3.63, 3.8) is 0 Å². The van der Waals surface area contributed by atoms with Crippen molar-refractivity contribution in [1.29, 1.82) is 0 Å². The molecule has 2 nitrogen and oxygen atoms in total. The first-order valence-electron chi connectivity index (χ1n) is 5.40. The molecule has 0 saturated heterocycles. The molecule has 0 radical (unpaired) electrons. The third-order valence-electron chi connectivity index (χ3n) is 2.42. The molecule has 15 heavy (non-hydrogen) atoms. The third-order valence-corrected chi connectivity index (χ3v) is 3.06. The smallest absolute Gasteiger partial charge is 0.0570 e. The molecule has 2 unspecified atom stereocenters. The Labute approximate surface area is 96.9 Å². The van der Waals surface area contributed by atoms with Gasteiger partial charge in [0.05, 0.1) is 5.69 Å². The summed E-state index contributed by atoms with van der Waals surface area (Å²) < 4.78 is 0. The molecule has 1 aromatic heterocycles. The molecule has 0 fully saturated rings. The lowest BCUT2D eigenvalue weighted by molar-refractivity contribution is 0.465. The highest BCUT2D eigenvalue weighted by Gasteiger charge is 2.09. The van der Waals surface area contributed by atoms with Gasteiger partial charge in [-0.2, -0.15) is 11.8 Å². The Morgan fingerprint density at radius 1 is 1.40 bits per heavy atom. The second-order valence-corrected chi connectivity index (χ2v) is 4.81. The second-order valence-electron chi connectivity index (χ2n) is 3.83. The monoisotopic (exact) mass is 224 g/mol. The van der Waals surface area contributed by atoms with Crippen LogP contribution in [0, 0.1) is 0 Å². The van der Waals surface area contributed by atoms with E-state index in [0.717, 1.165) is 5.69 Å². The van der Waals surface area contributed by atoms with Crippen molar-refractivity contribution in [2.24, 2.45) is 0 Å². The summed E-state index contributed by atoms with van der Waals surface area (Å²) in [4.78, 5) is 4.34. The summed E-state index contributed by atoms with van der Waals surface area (Å²) in [6.07, 6.45) is 5.20. The zero-order valence-corrected chi connectivity index (χ0v) is 10.6. The van der Waals surface area contributed by atoms with E-state index in [1.807, 2.05) is 30.1 Å². The molecule has 1 aromatic rings. The number of aromatic nitrogens is 1. The Morgan fingerprint density at radius 3 is 2.80 bits per heavy atom. The molecule has 0 spiro atoms. The van der Waals surface area contributed by atoms with Crippen LogP contribution in [0.2, 0.25) is 0 Å². The van der Waals surface area contributed by atoms with Gasteiger partial charge in [0.25, 0.3) is 0 Å². The Bertz CT molecular complexity index is 264. The maximum absolute atomic E-state index is 4.34. The maximum atomic E-state index is 4.34. The van der Waals surface area contributed by atoms with Crippen LogP contribution >= 0.6 is 11.8 Å². The second kappa shape index (κ2) is 6.85. The van der Waals surface area contributed by atoms with Gasteiger partial charge >= 0.3 is 0 Å². The molecule has 0 bridgehead atoms. The number of nitrogens with one attached hydrogen (secondary N) is 1. The highest BCUT2D eigenvalue weighted by Crippen LogP contribution is 2.10. The van der Waals surface area contributed by atoms with Crippen molar-refractivity contribution in [3.05, 3.63) is 30.1 Å². The minimum Gasteiger partial charge on any atom is -0.306 e. The number of pyridine rings is 1. The van der Waals surface area contributed by atoms with Crippen LogP contribution in [0.5, 0.6) is 0 Å². The average molecular weight is 224 g/mol. The molecule has 0 aliphatic rings. The van der Waals surface area contributed by atoms with Gasteiger partial charge < -0.3 is 5.32 Å². The standard InChI is InChI=1S/C12H20N2S/c1-10(7-9-15-3)14-11(2)12-6-4-5-8-13-12/h4-6,8,10-11,14H,7,9H2,1-3H3. The molecule has 1 rings (SSSR count). The number of hydrogen-bond donors (Lipinski definition) is 1. The van der Waals surface area contributed by atoms with Crippen LogP contribution in [-0.4, -0.2) is 23.0 Å². The van der Waals surface area contributed by atoms with Gasteiger partial charge in [-0.25, -0.2) is 0 Å². The molecule has 84 valence electrons. The quantitative estimate of drug-likeness (QED) is 0.804. The highest BCUT2D eigenvalue weighted by atomic mass is 32.2. The first kappa shape index (κ1) is 12.5. The van der Waals surface area contributed by atoms with Gasteiger partial charge in [-0.15, -0.1) is 0 Å². The molecule has 1 N–H and O–H groups in total. The predicted octanol–water partition coefficient (Wildman–Crippen LogP) is 2.87. The zero-order chi connectivity index (χ0) is 11.1. The van der Waals surface area contributed by atoms with Crippen molar-refractivity contribution in [1.82, 2.24) is 10.3 Å². The van der Waals surface area contributed by atoms with Gasteiger partial charge in [-0.05, 0) is 44.4 Å². The fraction of sp³-hybridized carbons (Fsp3) is 0.583. The van der Waals surface area contributed by atoms with E-state index in [1.165, 1.54) is 12.2 Å². The Hall–Kier alpha value is -0.540. The molecule has 2 atom stereocenters. The van der Waals surface area contributed by atoms with Gasteiger partial charge in [0.2, 0.25) is 0 Å². The fourth-order valence-electron chi connectivity index (χ4n) is 1.52. The van der Waals surface area contributed by atoms with E-state index in [9.17, 15) is 0 Å². The van der Waals surface area contributed by atoms with Crippen LogP contribution in [-0.2, 0) is 0 Å². The summed E-state index contributed by atoms with van der Waals surface area (Å²) >= 11 is 1.90. The maximum Gasteiger partial charge on any atom is 0.0570 e. The molecule has 1 heterocycles. The number of nitrogens with zero attached hydrogens (tertiary/aromatic N) is 1.